The summed E-state index contributed by atoms with van der Waals surface area (Å²) in [5.74, 6) is 0.312. The molecule has 2 aromatic rings. The lowest BCUT2D eigenvalue weighted by Crippen LogP contribution is -2.12. The van der Waals surface area contributed by atoms with E-state index in [0.29, 0.717) is 11.6 Å². The molecule has 1 amide bonds. The number of rotatable bonds is 3. The maximum atomic E-state index is 11.7. The van der Waals surface area contributed by atoms with Gasteiger partial charge in [-0.05, 0) is 23.6 Å². The van der Waals surface area contributed by atoms with E-state index in [4.69, 9.17) is 0 Å². The van der Waals surface area contributed by atoms with Gasteiger partial charge in [0.15, 0.2) is 0 Å². The van der Waals surface area contributed by atoms with Crippen LogP contribution in [0.25, 0.3) is 0 Å². The maximum Gasteiger partial charge on any atom is 0.273 e. The average molecular weight is 229 g/mol. The molecule has 0 spiro atoms. The van der Waals surface area contributed by atoms with E-state index in [0.717, 1.165) is 5.69 Å². The fourth-order valence-electron chi connectivity index (χ4n) is 1.53. The van der Waals surface area contributed by atoms with E-state index >= 15 is 0 Å². The molecule has 2 rings (SSSR count). The van der Waals surface area contributed by atoms with Gasteiger partial charge in [0, 0.05) is 5.69 Å². The third-order valence-corrected chi connectivity index (χ3v) is 2.58. The summed E-state index contributed by atoms with van der Waals surface area (Å²) in [6.45, 7) is 4.27. The summed E-state index contributed by atoms with van der Waals surface area (Å²) in [6.07, 6.45) is 2.98. The number of carbonyl (C=O) groups is 1. The molecule has 4 nitrogen and oxygen atoms in total. The quantitative estimate of drug-likeness (QED) is 0.850. The van der Waals surface area contributed by atoms with E-state index in [1.165, 1.54) is 18.1 Å². The van der Waals surface area contributed by atoms with Gasteiger partial charge in [-0.1, -0.05) is 26.0 Å². The van der Waals surface area contributed by atoms with Crippen molar-refractivity contribution < 1.29 is 4.79 Å². The summed E-state index contributed by atoms with van der Waals surface area (Å²) in [6, 6.07) is 7.85. The highest BCUT2D eigenvalue weighted by Crippen LogP contribution is 2.17. The third kappa shape index (κ3) is 2.72. The van der Waals surface area contributed by atoms with Crippen molar-refractivity contribution in [3.63, 3.8) is 0 Å². The smallest absolute Gasteiger partial charge is 0.273 e. The Bertz CT molecular complexity index is 486. The van der Waals surface area contributed by atoms with Crippen molar-refractivity contribution >= 4 is 11.6 Å². The highest BCUT2D eigenvalue weighted by molar-refractivity contribution is 6.02. The molecule has 0 aliphatic carbocycles. The van der Waals surface area contributed by atoms with Crippen LogP contribution in [0.3, 0.4) is 0 Å². The molecule has 0 saturated carbocycles. The number of benzene rings is 1. The topological polar surface area (TPSA) is 57.8 Å². The van der Waals surface area contributed by atoms with E-state index in [2.05, 4.69) is 29.1 Å². The van der Waals surface area contributed by atoms with E-state index in [1.807, 2.05) is 24.3 Å². The summed E-state index contributed by atoms with van der Waals surface area (Å²) in [7, 11) is 0. The van der Waals surface area contributed by atoms with Gasteiger partial charge >= 0.3 is 0 Å². The van der Waals surface area contributed by atoms with Gasteiger partial charge < -0.3 is 10.3 Å². The fourth-order valence-corrected chi connectivity index (χ4v) is 1.53. The van der Waals surface area contributed by atoms with Crippen LogP contribution in [0.2, 0.25) is 0 Å². The first-order chi connectivity index (χ1) is 8.16. The predicted molar refractivity (Wildman–Crippen MR) is 67.1 cm³/mol. The normalized spacial score (nSPS) is 10.5. The van der Waals surface area contributed by atoms with Gasteiger partial charge in [-0.2, -0.15) is 0 Å². The molecule has 1 aromatic heterocycles. The van der Waals surface area contributed by atoms with E-state index < -0.39 is 0 Å². The molecule has 0 bridgehead atoms. The summed E-state index contributed by atoms with van der Waals surface area (Å²) >= 11 is 0. The van der Waals surface area contributed by atoms with Gasteiger partial charge in [0.2, 0.25) is 0 Å². The molecule has 0 atom stereocenters. The number of aromatic amines is 1. The lowest BCUT2D eigenvalue weighted by atomic mass is 10.0. The SMILES string of the molecule is CC(C)c1ccc(NC(=O)c2cnc[nH]2)cc1. The minimum absolute atomic E-state index is 0.181. The standard InChI is InChI=1S/C13H15N3O/c1-9(2)10-3-5-11(6-4-10)16-13(17)12-7-14-8-15-12/h3-9H,1-2H3,(H,14,15)(H,16,17). The zero-order valence-electron chi connectivity index (χ0n) is 9.90. The second-order valence-electron chi connectivity index (χ2n) is 4.20. The van der Waals surface area contributed by atoms with Crippen molar-refractivity contribution in [2.45, 2.75) is 19.8 Å². The number of hydrogen-bond acceptors (Lipinski definition) is 2. The van der Waals surface area contributed by atoms with Crippen molar-refractivity contribution in [1.82, 2.24) is 9.97 Å². The number of nitrogens with one attached hydrogen (secondary N) is 2. The number of carbonyl (C=O) groups excluding carboxylic acids is 1. The monoisotopic (exact) mass is 229 g/mol. The van der Waals surface area contributed by atoms with Crippen LogP contribution >= 0.6 is 0 Å². The van der Waals surface area contributed by atoms with Crippen LogP contribution in [0.1, 0.15) is 35.8 Å². The minimum atomic E-state index is -0.181. The van der Waals surface area contributed by atoms with Gasteiger partial charge in [0.25, 0.3) is 5.91 Å². The molecule has 0 fully saturated rings. The van der Waals surface area contributed by atoms with Crippen molar-refractivity contribution in [3.05, 3.63) is 48.0 Å². The molecular weight excluding hydrogens is 214 g/mol. The molecule has 0 aliphatic rings. The lowest BCUT2D eigenvalue weighted by molar-refractivity contribution is 0.102. The summed E-state index contributed by atoms with van der Waals surface area (Å²) < 4.78 is 0. The number of hydrogen-bond donors (Lipinski definition) is 2. The van der Waals surface area contributed by atoms with Crippen LogP contribution in [0.5, 0.6) is 0 Å². The highest BCUT2D eigenvalue weighted by atomic mass is 16.1. The molecule has 17 heavy (non-hydrogen) atoms. The van der Waals surface area contributed by atoms with Crippen molar-refractivity contribution in [2.75, 3.05) is 5.32 Å². The molecule has 88 valence electrons. The van der Waals surface area contributed by atoms with Gasteiger partial charge in [-0.15, -0.1) is 0 Å². The molecule has 0 aliphatic heterocycles. The molecule has 1 aromatic carbocycles. The van der Waals surface area contributed by atoms with Crippen molar-refractivity contribution in [2.24, 2.45) is 0 Å². The van der Waals surface area contributed by atoms with Crippen LogP contribution in [-0.4, -0.2) is 15.9 Å². The van der Waals surface area contributed by atoms with Gasteiger partial charge in [0.05, 0.1) is 12.5 Å². The van der Waals surface area contributed by atoms with Crippen LogP contribution < -0.4 is 5.32 Å². The second kappa shape index (κ2) is 4.82. The van der Waals surface area contributed by atoms with Crippen LogP contribution in [0, 0.1) is 0 Å². The number of amides is 1. The fraction of sp³-hybridized carbons (Fsp3) is 0.231. The van der Waals surface area contributed by atoms with Gasteiger partial charge in [-0.25, -0.2) is 4.98 Å². The maximum absolute atomic E-state index is 11.7. The first-order valence-electron chi connectivity index (χ1n) is 5.56. The van der Waals surface area contributed by atoms with Crippen LogP contribution in [-0.2, 0) is 0 Å². The Morgan fingerprint density at radius 3 is 2.53 bits per heavy atom. The number of anilines is 1. The minimum Gasteiger partial charge on any atom is -0.341 e. The largest absolute Gasteiger partial charge is 0.341 e. The van der Waals surface area contributed by atoms with Crippen LogP contribution in [0.15, 0.2) is 36.8 Å². The molecule has 1 heterocycles. The Balaban J connectivity index is 2.07. The summed E-state index contributed by atoms with van der Waals surface area (Å²) in [4.78, 5) is 18.3. The van der Waals surface area contributed by atoms with E-state index in [1.54, 1.807) is 0 Å². The molecule has 0 unspecified atom stereocenters. The van der Waals surface area contributed by atoms with Gasteiger partial charge in [-0.3, -0.25) is 4.79 Å². The molecule has 4 heteroatoms. The second-order valence-corrected chi connectivity index (χ2v) is 4.20. The van der Waals surface area contributed by atoms with Gasteiger partial charge in [0.1, 0.15) is 5.69 Å². The Morgan fingerprint density at radius 1 is 1.29 bits per heavy atom. The van der Waals surface area contributed by atoms with Crippen LogP contribution in [0.4, 0.5) is 5.69 Å². The van der Waals surface area contributed by atoms with E-state index in [-0.39, 0.29) is 5.91 Å². The molecular formula is C13H15N3O. The lowest BCUT2D eigenvalue weighted by Gasteiger charge is -2.07. The number of H-pyrrole nitrogens is 1. The average Bonchev–Trinajstić information content (AvgIpc) is 2.83. The molecule has 2 N–H and O–H groups in total. The first-order valence-corrected chi connectivity index (χ1v) is 5.56. The number of imidazole rings is 1. The first kappa shape index (κ1) is 11.4. The zero-order valence-corrected chi connectivity index (χ0v) is 9.90. The number of nitrogens with zero attached hydrogens (tertiary/aromatic N) is 1. The Morgan fingerprint density at radius 2 is 2.00 bits per heavy atom. The van der Waals surface area contributed by atoms with E-state index in [9.17, 15) is 4.79 Å². The Labute approximate surface area is 100 Å². The molecule has 0 radical (unpaired) electrons. The number of aromatic nitrogens is 2. The molecule has 0 saturated heterocycles. The Hall–Kier alpha value is -2.10. The van der Waals surface area contributed by atoms with Crippen molar-refractivity contribution in [3.8, 4) is 0 Å². The third-order valence-electron chi connectivity index (χ3n) is 2.58. The zero-order chi connectivity index (χ0) is 12.3. The predicted octanol–water partition coefficient (Wildman–Crippen LogP) is 2.79. The summed E-state index contributed by atoms with van der Waals surface area (Å²) in [5.41, 5.74) is 2.50. The summed E-state index contributed by atoms with van der Waals surface area (Å²) in [5, 5.41) is 2.80. The Kier molecular flexibility index (Phi) is 3.23. The highest BCUT2D eigenvalue weighted by Gasteiger charge is 2.07. The van der Waals surface area contributed by atoms with Crippen molar-refractivity contribution in [1.29, 1.82) is 0 Å².